The second-order valence-electron chi connectivity index (χ2n) is 4.84. The predicted molar refractivity (Wildman–Crippen MR) is 72.9 cm³/mol. The van der Waals surface area contributed by atoms with Gasteiger partial charge in [-0.05, 0) is 18.6 Å². The highest BCUT2D eigenvalue weighted by Crippen LogP contribution is 2.23. The molecule has 3 atom stereocenters. The monoisotopic (exact) mass is 274 g/mol. The van der Waals surface area contributed by atoms with Crippen LogP contribution in [0, 0.1) is 11.8 Å². The number of carboxylic acid groups (broad SMARTS) is 1. The van der Waals surface area contributed by atoms with E-state index in [-0.39, 0.29) is 18.0 Å². The van der Waals surface area contributed by atoms with E-state index in [1.54, 1.807) is 16.7 Å². The summed E-state index contributed by atoms with van der Waals surface area (Å²) in [5.74, 6) is 0.688. The molecular weight excluding hydrogens is 252 g/mol. The Bertz CT molecular complexity index is 312. The second kappa shape index (κ2) is 6.87. The fourth-order valence-electron chi connectivity index (χ4n) is 2.09. The van der Waals surface area contributed by atoms with Crippen molar-refractivity contribution in [2.75, 3.05) is 24.6 Å². The number of nitrogens with one attached hydrogen (secondary N) is 1. The average molecular weight is 274 g/mol. The summed E-state index contributed by atoms with van der Waals surface area (Å²) in [7, 11) is 0. The standard InChI is InChI=1S/C12H22N2O3S/c1-4-18-7-9(3)13-12(17)14-5-8(2)10(6-14)11(15)16/h8-10H,4-7H2,1-3H3,(H,13,17)(H,15,16)/t8-,9?,10-/m1/s1. The molecule has 1 rings (SSSR count). The van der Waals surface area contributed by atoms with Crippen molar-refractivity contribution >= 4 is 23.8 Å². The number of hydrogen-bond acceptors (Lipinski definition) is 3. The first-order chi connectivity index (χ1) is 8.45. The third-order valence-electron chi connectivity index (χ3n) is 3.16. The normalized spacial score (nSPS) is 24.9. The largest absolute Gasteiger partial charge is 0.481 e. The minimum absolute atomic E-state index is 0.0218. The fraction of sp³-hybridized carbons (Fsp3) is 0.833. The van der Waals surface area contributed by atoms with Crippen molar-refractivity contribution in [1.82, 2.24) is 10.2 Å². The second-order valence-corrected chi connectivity index (χ2v) is 6.16. The number of nitrogens with zero attached hydrogens (tertiary/aromatic N) is 1. The van der Waals surface area contributed by atoms with Crippen LogP contribution >= 0.6 is 11.8 Å². The summed E-state index contributed by atoms with van der Waals surface area (Å²) in [6.45, 7) is 6.77. The molecular formula is C12H22N2O3S. The molecule has 2 N–H and O–H groups in total. The highest BCUT2D eigenvalue weighted by atomic mass is 32.2. The van der Waals surface area contributed by atoms with Crippen molar-refractivity contribution in [1.29, 1.82) is 0 Å². The summed E-state index contributed by atoms with van der Waals surface area (Å²) in [6, 6.07) is -0.0311. The summed E-state index contributed by atoms with van der Waals surface area (Å²) >= 11 is 1.78. The number of thioether (sulfide) groups is 1. The molecule has 6 heteroatoms. The lowest BCUT2D eigenvalue weighted by molar-refractivity contribution is -0.142. The lowest BCUT2D eigenvalue weighted by atomic mass is 9.99. The third-order valence-corrected chi connectivity index (χ3v) is 4.30. The Balaban J connectivity index is 2.42. The van der Waals surface area contributed by atoms with Crippen molar-refractivity contribution < 1.29 is 14.7 Å². The molecule has 1 heterocycles. The van der Waals surface area contributed by atoms with Crippen LogP contribution in [0.3, 0.4) is 0 Å². The molecule has 18 heavy (non-hydrogen) atoms. The first-order valence-electron chi connectivity index (χ1n) is 6.31. The molecule has 1 aliphatic rings. The van der Waals surface area contributed by atoms with E-state index in [0.29, 0.717) is 13.1 Å². The van der Waals surface area contributed by atoms with Crippen LogP contribution in [0.5, 0.6) is 0 Å². The number of hydrogen-bond donors (Lipinski definition) is 2. The minimum Gasteiger partial charge on any atom is -0.481 e. The van der Waals surface area contributed by atoms with E-state index in [1.165, 1.54) is 0 Å². The molecule has 0 saturated carbocycles. The van der Waals surface area contributed by atoms with Gasteiger partial charge in [0.2, 0.25) is 0 Å². The van der Waals surface area contributed by atoms with Crippen molar-refractivity contribution in [3.05, 3.63) is 0 Å². The molecule has 0 aromatic rings. The smallest absolute Gasteiger partial charge is 0.317 e. The quantitative estimate of drug-likeness (QED) is 0.797. The molecule has 1 saturated heterocycles. The Morgan fingerprint density at radius 2 is 2.17 bits per heavy atom. The molecule has 5 nitrogen and oxygen atoms in total. The minimum atomic E-state index is -0.813. The van der Waals surface area contributed by atoms with Gasteiger partial charge >= 0.3 is 12.0 Å². The van der Waals surface area contributed by atoms with E-state index < -0.39 is 11.9 Å². The van der Waals surface area contributed by atoms with Gasteiger partial charge in [0.15, 0.2) is 0 Å². The Kier molecular flexibility index (Phi) is 5.78. The molecule has 0 aromatic carbocycles. The van der Waals surface area contributed by atoms with Crippen molar-refractivity contribution in [3.63, 3.8) is 0 Å². The van der Waals surface area contributed by atoms with Crippen LogP contribution in [0.1, 0.15) is 20.8 Å². The van der Waals surface area contributed by atoms with E-state index in [9.17, 15) is 9.59 Å². The number of carbonyl (C=O) groups excluding carboxylic acids is 1. The van der Waals surface area contributed by atoms with Crippen LogP contribution < -0.4 is 5.32 Å². The maximum atomic E-state index is 11.9. The van der Waals surface area contributed by atoms with E-state index in [1.807, 2.05) is 13.8 Å². The van der Waals surface area contributed by atoms with E-state index >= 15 is 0 Å². The highest BCUT2D eigenvalue weighted by Gasteiger charge is 2.37. The summed E-state index contributed by atoms with van der Waals surface area (Å²) in [6.07, 6.45) is 0. The molecule has 1 unspecified atom stereocenters. The number of carbonyl (C=O) groups is 2. The van der Waals surface area contributed by atoms with Gasteiger partial charge in [-0.15, -0.1) is 0 Å². The Hall–Kier alpha value is -0.910. The van der Waals surface area contributed by atoms with Gasteiger partial charge in [-0.25, -0.2) is 4.79 Å². The predicted octanol–water partition coefficient (Wildman–Crippen LogP) is 1.49. The molecule has 0 spiro atoms. The molecule has 2 amide bonds. The van der Waals surface area contributed by atoms with Crippen LogP contribution in [0.4, 0.5) is 4.79 Å². The van der Waals surface area contributed by atoms with Crippen LogP contribution in [-0.4, -0.2) is 52.6 Å². The maximum absolute atomic E-state index is 11.9. The topological polar surface area (TPSA) is 69.6 Å². The van der Waals surface area contributed by atoms with Gasteiger partial charge in [0.25, 0.3) is 0 Å². The third kappa shape index (κ3) is 4.08. The number of amides is 2. The van der Waals surface area contributed by atoms with E-state index in [4.69, 9.17) is 5.11 Å². The van der Waals surface area contributed by atoms with Crippen molar-refractivity contribution in [2.24, 2.45) is 11.8 Å². The molecule has 0 aromatic heterocycles. The molecule has 0 radical (unpaired) electrons. The molecule has 0 aliphatic carbocycles. The van der Waals surface area contributed by atoms with Gasteiger partial charge in [-0.1, -0.05) is 13.8 Å². The Labute approximate surface area is 112 Å². The summed E-state index contributed by atoms with van der Waals surface area (Å²) in [5.41, 5.74) is 0. The molecule has 104 valence electrons. The van der Waals surface area contributed by atoms with Crippen molar-refractivity contribution in [2.45, 2.75) is 26.8 Å². The molecule has 1 fully saturated rings. The highest BCUT2D eigenvalue weighted by molar-refractivity contribution is 7.99. The zero-order chi connectivity index (χ0) is 13.7. The number of carboxylic acids is 1. The summed E-state index contributed by atoms with van der Waals surface area (Å²) in [4.78, 5) is 24.5. The van der Waals surface area contributed by atoms with Gasteiger partial charge < -0.3 is 15.3 Å². The summed E-state index contributed by atoms with van der Waals surface area (Å²) in [5, 5.41) is 11.9. The van der Waals surface area contributed by atoms with E-state index in [2.05, 4.69) is 12.2 Å². The maximum Gasteiger partial charge on any atom is 0.317 e. The number of urea groups is 1. The zero-order valence-electron chi connectivity index (χ0n) is 11.2. The lowest BCUT2D eigenvalue weighted by Gasteiger charge is -2.20. The van der Waals surface area contributed by atoms with Gasteiger partial charge in [-0.3, -0.25) is 4.79 Å². The lowest BCUT2D eigenvalue weighted by Crippen LogP contribution is -2.44. The van der Waals surface area contributed by atoms with Gasteiger partial charge in [0, 0.05) is 24.9 Å². The number of aliphatic carboxylic acids is 1. The summed E-state index contributed by atoms with van der Waals surface area (Å²) < 4.78 is 0. The van der Waals surface area contributed by atoms with Crippen LogP contribution in [0.2, 0.25) is 0 Å². The Morgan fingerprint density at radius 3 is 2.67 bits per heavy atom. The number of rotatable bonds is 5. The van der Waals surface area contributed by atoms with Crippen molar-refractivity contribution in [3.8, 4) is 0 Å². The Morgan fingerprint density at radius 1 is 1.50 bits per heavy atom. The first kappa shape index (κ1) is 15.1. The zero-order valence-corrected chi connectivity index (χ0v) is 12.0. The van der Waals surface area contributed by atoms with Crippen LogP contribution in [-0.2, 0) is 4.79 Å². The van der Waals surface area contributed by atoms with Crippen LogP contribution in [0.25, 0.3) is 0 Å². The van der Waals surface area contributed by atoms with Crippen LogP contribution in [0.15, 0.2) is 0 Å². The first-order valence-corrected chi connectivity index (χ1v) is 7.47. The SMILES string of the molecule is CCSCC(C)NC(=O)N1C[C@@H](C)[C@H](C(=O)O)C1. The van der Waals surface area contributed by atoms with Gasteiger partial charge in [-0.2, -0.15) is 11.8 Å². The van der Waals surface area contributed by atoms with Gasteiger partial charge in [0.05, 0.1) is 5.92 Å². The number of likely N-dealkylation sites (tertiary alicyclic amines) is 1. The molecule has 0 bridgehead atoms. The van der Waals surface area contributed by atoms with Gasteiger partial charge in [0.1, 0.15) is 0 Å². The fourth-order valence-corrected chi connectivity index (χ4v) is 2.77. The average Bonchev–Trinajstić information content (AvgIpc) is 2.68. The van der Waals surface area contributed by atoms with E-state index in [0.717, 1.165) is 11.5 Å². The molecule has 1 aliphatic heterocycles.